The standard InChI is InChI=1S/C16H14F3N5O2/c1-9-5-12(7-24(9)8-20)21-13(25)15-23-22-14(26-15)10-3-2-4-11(6-10)16(17,18)19/h2-4,6,9,12H,5,7H2,1H3,(H,21,25)/t9?,12-/m1/s1. The molecule has 1 aromatic heterocycles. The number of hydrogen-bond donors (Lipinski definition) is 1. The van der Waals surface area contributed by atoms with Crippen LogP contribution in [0.5, 0.6) is 0 Å². The van der Waals surface area contributed by atoms with Gasteiger partial charge < -0.3 is 14.6 Å². The quantitative estimate of drug-likeness (QED) is 0.840. The maximum absolute atomic E-state index is 12.8. The fraction of sp³-hybridized carbons (Fsp3) is 0.375. The second-order valence-electron chi connectivity index (χ2n) is 6.00. The van der Waals surface area contributed by atoms with Gasteiger partial charge in [0.25, 0.3) is 0 Å². The molecular weight excluding hydrogens is 351 g/mol. The Balaban J connectivity index is 1.72. The third kappa shape index (κ3) is 3.61. The minimum Gasteiger partial charge on any atom is -0.412 e. The highest BCUT2D eigenvalue weighted by Crippen LogP contribution is 2.31. The average Bonchev–Trinajstić information content (AvgIpc) is 3.21. The molecule has 1 N–H and O–H groups in total. The van der Waals surface area contributed by atoms with Gasteiger partial charge in [-0.05, 0) is 31.5 Å². The summed E-state index contributed by atoms with van der Waals surface area (Å²) < 4.78 is 43.5. The van der Waals surface area contributed by atoms with Gasteiger partial charge in [0.2, 0.25) is 5.89 Å². The number of carbonyl (C=O) groups excluding carboxylic acids is 1. The van der Waals surface area contributed by atoms with E-state index in [0.717, 1.165) is 12.1 Å². The molecule has 136 valence electrons. The van der Waals surface area contributed by atoms with Crippen molar-refractivity contribution in [1.82, 2.24) is 20.4 Å². The van der Waals surface area contributed by atoms with Crippen LogP contribution in [-0.2, 0) is 6.18 Å². The van der Waals surface area contributed by atoms with Crippen LogP contribution >= 0.6 is 0 Å². The highest BCUT2D eigenvalue weighted by atomic mass is 19.4. The molecular formula is C16H14F3N5O2. The van der Waals surface area contributed by atoms with E-state index in [4.69, 9.17) is 9.68 Å². The number of halogens is 3. The van der Waals surface area contributed by atoms with Crippen LogP contribution in [0.15, 0.2) is 28.7 Å². The molecule has 1 aliphatic rings. The zero-order valence-corrected chi connectivity index (χ0v) is 13.6. The number of likely N-dealkylation sites (tertiary alicyclic amines) is 1. The molecule has 0 spiro atoms. The first-order valence-electron chi connectivity index (χ1n) is 7.76. The van der Waals surface area contributed by atoms with E-state index in [0.29, 0.717) is 13.0 Å². The molecule has 7 nitrogen and oxygen atoms in total. The Morgan fingerprint density at radius 3 is 2.85 bits per heavy atom. The zero-order chi connectivity index (χ0) is 18.9. The Labute approximate surface area is 146 Å². The van der Waals surface area contributed by atoms with E-state index in [1.807, 2.05) is 13.1 Å². The number of alkyl halides is 3. The first-order valence-corrected chi connectivity index (χ1v) is 7.76. The zero-order valence-electron chi connectivity index (χ0n) is 13.6. The number of amides is 1. The van der Waals surface area contributed by atoms with Gasteiger partial charge in [-0.15, -0.1) is 10.2 Å². The van der Waals surface area contributed by atoms with Crippen molar-refractivity contribution in [3.63, 3.8) is 0 Å². The molecule has 1 saturated heterocycles. The molecule has 1 aliphatic heterocycles. The van der Waals surface area contributed by atoms with Crippen molar-refractivity contribution in [2.75, 3.05) is 6.54 Å². The van der Waals surface area contributed by atoms with Crippen molar-refractivity contribution >= 4 is 5.91 Å². The van der Waals surface area contributed by atoms with E-state index < -0.39 is 17.6 Å². The number of hydrogen-bond acceptors (Lipinski definition) is 6. The van der Waals surface area contributed by atoms with Crippen molar-refractivity contribution in [3.05, 3.63) is 35.7 Å². The predicted molar refractivity (Wildman–Crippen MR) is 82.4 cm³/mol. The summed E-state index contributed by atoms with van der Waals surface area (Å²) >= 11 is 0. The topological polar surface area (TPSA) is 95.1 Å². The number of aromatic nitrogens is 2. The van der Waals surface area contributed by atoms with Crippen LogP contribution in [0.1, 0.15) is 29.6 Å². The third-order valence-corrected chi connectivity index (χ3v) is 4.09. The Bertz CT molecular complexity index is 858. The van der Waals surface area contributed by atoms with Gasteiger partial charge in [-0.1, -0.05) is 6.07 Å². The average molecular weight is 365 g/mol. The summed E-state index contributed by atoms with van der Waals surface area (Å²) in [7, 11) is 0. The number of nitriles is 1. The highest BCUT2D eigenvalue weighted by molar-refractivity contribution is 5.90. The molecule has 26 heavy (non-hydrogen) atoms. The predicted octanol–water partition coefficient (Wildman–Crippen LogP) is 2.43. The van der Waals surface area contributed by atoms with Crippen LogP contribution in [0.2, 0.25) is 0 Å². The third-order valence-electron chi connectivity index (χ3n) is 4.09. The minimum absolute atomic E-state index is 0.00801. The van der Waals surface area contributed by atoms with Gasteiger partial charge in [-0.3, -0.25) is 4.79 Å². The van der Waals surface area contributed by atoms with Crippen LogP contribution in [0.25, 0.3) is 11.5 Å². The number of carbonyl (C=O) groups is 1. The van der Waals surface area contributed by atoms with E-state index in [1.54, 1.807) is 4.90 Å². The lowest BCUT2D eigenvalue weighted by atomic mass is 10.1. The van der Waals surface area contributed by atoms with Crippen molar-refractivity contribution < 1.29 is 22.4 Å². The SMILES string of the molecule is CC1C[C@@H](NC(=O)c2nnc(-c3cccc(C(F)(F)F)c3)o2)CN1C#N. The van der Waals surface area contributed by atoms with Crippen molar-refractivity contribution in [1.29, 1.82) is 5.26 Å². The smallest absolute Gasteiger partial charge is 0.412 e. The molecule has 1 amide bonds. The van der Waals surface area contributed by atoms with Gasteiger partial charge in [0, 0.05) is 24.2 Å². The lowest BCUT2D eigenvalue weighted by molar-refractivity contribution is -0.137. The monoisotopic (exact) mass is 365 g/mol. The largest absolute Gasteiger partial charge is 0.416 e. The second kappa shape index (κ2) is 6.67. The number of benzene rings is 1. The van der Waals surface area contributed by atoms with Crippen LogP contribution in [0.4, 0.5) is 13.2 Å². The summed E-state index contributed by atoms with van der Waals surface area (Å²) in [6.45, 7) is 2.24. The van der Waals surface area contributed by atoms with Crippen LogP contribution < -0.4 is 5.32 Å². The molecule has 1 aromatic carbocycles. The molecule has 1 unspecified atom stereocenters. The van der Waals surface area contributed by atoms with Crippen molar-refractivity contribution in [3.8, 4) is 17.6 Å². The Morgan fingerprint density at radius 2 is 2.19 bits per heavy atom. The van der Waals surface area contributed by atoms with Crippen molar-refractivity contribution in [2.24, 2.45) is 0 Å². The maximum Gasteiger partial charge on any atom is 0.416 e. The Hall–Kier alpha value is -3.09. The maximum atomic E-state index is 12.8. The normalized spacial score (nSPS) is 20.0. The van der Waals surface area contributed by atoms with Gasteiger partial charge in [0.1, 0.15) is 0 Å². The van der Waals surface area contributed by atoms with Gasteiger partial charge in [-0.25, -0.2) is 0 Å². The first-order chi connectivity index (χ1) is 12.3. The summed E-state index contributed by atoms with van der Waals surface area (Å²) in [4.78, 5) is 13.7. The molecule has 3 rings (SSSR count). The molecule has 10 heteroatoms. The summed E-state index contributed by atoms with van der Waals surface area (Å²) in [5.41, 5.74) is -0.785. The van der Waals surface area contributed by atoms with Gasteiger partial charge in [0.15, 0.2) is 6.19 Å². The fourth-order valence-corrected chi connectivity index (χ4v) is 2.78. The summed E-state index contributed by atoms with van der Waals surface area (Å²) in [6.07, 6.45) is -1.87. The molecule has 0 aliphatic carbocycles. The molecule has 2 atom stereocenters. The minimum atomic E-state index is -4.50. The number of rotatable bonds is 3. The summed E-state index contributed by atoms with van der Waals surface area (Å²) in [5.74, 6) is -1.16. The van der Waals surface area contributed by atoms with Gasteiger partial charge >= 0.3 is 18.0 Å². The second-order valence-corrected chi connectivity index (χ2v) is 6.00. The Kier molecular flexibility index (Phi) is 4.54. The molecule has 1 fully saturated rings. The van der Waals surface area contributed by atoms with Crippen LogP contribution in [0, 0.1) is 11.5 Å². The lowest BCUT2D eigenvalue weighted by Crippen LogP contribution is -2.36. The van der Waals surface area contributed by atoms with E-state index in [1.165, 1.54) is 12.1 Å². The van der Waals surface area contributed by atoms with E-state index in [9.17, 15) is 18.0 Å². The molecule has 0 saturated carbocycles. The lowest BCUT2D eigenvalue weighted by Gasteiger charge is -2.11. The highest BCUT2D eigenvalue weighted by Gasteiger charge is 2.32. The van der Waals surface area contributed by atoms with Crippen LogP contribution in [0.3, 0.4) is 0 Å². The van der Waals surface area contributed by atoms with Gasteiger partial charge in [-0.2, -0.15) is 18.4 Å². The van der Waals surface area contributed by atoms with Crippen molar-refractivity contribution in [2.45, 2.75) is 31.6 Å². The van der Waals surface area contributed by atoms with E-state index >= 15 is 0 Å². The molecule has 2 heterocycles. The number of nitrogens with one attached hydrogen (secondary N) is 1. The number of nitrogens with zero attached hydrogens (tertiary/aromatic N) is 4. The summed E-state index contributed by atoms with van der Waals surface area (Å²) in [6, 6.07) is 4.16. The first kappa shape index (κ1) is 17.7. The molecule has 2 aromatic rings. The van der Waals surface area contributed by atoms with E-state index in [-0.39, 0.29) is 29.4 Å². The van der Waals surface area contributed by atoms with Crippen LogP contribution in [-0.4, -0.2) is 39.6 Å². The van der Waals surface area contributed by atoms with Gasteiger partial charge in [0.05, 0.1) is 5.56 Å². The van der Waals surface area contributed by atoms with E-state index in [2.05, 4.69) is 15.5 Å². The fourth-order valence-electron chi connectivity index (χ4n) is 2.78. The Morgan fingerprint density at radius 1 is 1.42 bits per heavy atom. The summed E-state index contributed by atoms with van der Waals surface area (Å²) in [5, 5.41) is 18.9. The molecule has 0 radical (unpaired) electrons. The molecule has 0 bridgehead atoms.